The molecule has 2 aromatic carbocycles. The zero-order chi connectivity index (χ0) is 21.8. The number of hydrogen-bond acceptors (Lipinski definition) is 4. The fourth-order valence-electron chi connectivity index (χ4n) is 3.34. The number of H-pyrrole nitrogens is 1. The maximum atomic E-state index is 12.6. The Morgan fingerprint density at radius 3 is 2.87 bits per heavy atom. The van der Waals surface area contributed by atoms with E-state index in [4.69, 9.17) is 16.3 Å². The van der Waals surface area contributed by atoms with Gasteiger partial charge in [0.15, 0.2) is 5.76 Å². The quantitative estimate of drug-likeness (QED) is 0.505. The van der Waals surface area contributed by atoms with Crippen molar-refractivity contribution in [2.24, 2.45) is 0 Å². The molecule has 3 aromatic rings. The lowest BCUT2D eigenvalue weighted by Crippen LogP contribution is -2.26. The van der Waals surface area contributed by atoms with E-state index in [1.165, 1.54) is 0 Å². The minimum Gasteiger partial charge on any atom is -0.487 e. The van der Waals surface area contributed by atoms with Gasteiger partial charge < -0.3 is 20.4 Å². The summed E-state index contributed by atoms with van der Waals surface area (Å²) in [6, 6.07) is 11.0. The van der Waals surface area contributed by atoms with Gasteiger partial charge in [-0.3, -0.25) is 9.59 Å². The molecule has 0 saturated heterocycles. The lowest BCUT2D eigenvalue weighted by molar-refractivity contribution is -0.116. The van der Waals surface area contributed by atoms with E-state index in [2.05, 4.69) is 15.6 Å². The summed E-state index contributed by atoms with van der Waals surface area (Å²) in [5, 5.41) is 9.23. The van der Waals surface area contributed by atoms with E-state index in [9.17, 15) is 9.59 Å². The lowest BCUT2D eigenvalue weighted by atomic mass is 10.1. The first-order chi connectivity index (χ1) is 15.0. The Bertz CT molecular complexity index is 1170. The van der Waals surface area contributed by atoms with Crippen LogP contribution < -0.4 is 10.6 Å². The van der Waals surface area contributed by atoms with Gasteiger partial charge in [-0.2, -0.15) is 0 Å². The minimum absolute atomic E-state index is 0.197. The highest BCUT2D eigenvalue weighted by molar-refractivity contribution is 8.02. The van der Waals surface area contributed by atoms with Crippen LogP contribution in [0.5, 0.6) is 0 Å². The number of anilines is 1. The van der Waals surface area contributed by atoms with Crippen molar-refractivity contribution in [1.82, 2.24) is 10.3 Å². The molecule has 6 nitrogen and oxygen atoms in total. The minimum atomic E-state index is -0.314. The van der Waals surface area contributed by atoms with E-state index >= 15 is 0 Å². The molecule has 0 radical (unpaired) electrons. The van der Waals surface area contributed by atoms with Crippen LogP contribution in [0, 0.1) is 6.92 Å². The van der Waals surface area contributed by atoms with Crippen LogP contribution in [0.2, 0.25) is 5.02 Å². The Hall–Kier alpha value is -2.90. The number of carbonyl (C=O) groups excluding carboxylic acids is 2. The van der Waals surface area contributed by atoms with Gasteiger partial charge in [0.1, 0.15) is 0 Å². The molecular formula is C23H22ClN3O3S. The van der Waals surface area contributed by atoms with Gasteiger partial charge in [0, 0.05) is 51.1 Å². The number of aromatic nitrogens is 1. The van der Waals surface area contributed by atoms with Crippen molar-refractivity contribution >= 4 is 51.8 Å². The van der Waals surface area contributed by atoms with Crippen molar-refractivity contribution in [2.75, 3.05) is 24.2 Å². The van der Waals surface area contributed by atoms with Crippen LogP contribution >= 0.6 is 23.4 Å². The molecule has 2 amide bonds. The van der Waals surface area contributed by atoms with Gasteiger partial charge in [-0.05, 0) is 54.8 Å². The summed E-state index contributed by atoms with van der Waals surface area (Å²) < 4.78 is 5.39. The Balaban J connectivity index is 1.39. The van der Waals surface area contributed by atoms with Gasteiger partial charge in [-0.25, -0.2) is 0 Å². The van der Waals surface area contributed by atoms with Crippen LogP contribution in [-0.4, -0.2) is 35.7 Å². The highest BCUT2D eigenvalue weighted by Crippen LogP contribution is 2.23. The monoisotopic (exact) mass is 455 g/mol. The summed E-state index contributed by atoms with van der Waals surface area (Å²) >= 11 is 7.64. The Morgan fingerprint density at radius 2 is 2.06 bits per heavy atom. The normalized spacial score (nSPS) is 13.4. The summed E-state index contributed by atoms with van der Waals surface area (Å²) in [5.74, 6) is 0.615. The van der Waals surface area contributed by atoms with E-state index in [1.54, 1.807) is 29.3 Å². The van der Waals surface area contributed by atoms with Crippen molar-refractivity contribution in [1.29, 1.82) is 0 Å². The van der Waals surface area contributed by atoms with Crippen LogP contribution in [-0.2, 0) is 16.0 Å². The average Bonchev–Trinajstić information content (AvgIpc) is 3.17. The van der Waals surface area contributed by atoms with Gasteiger partial charge in [-0.15, -0.1) is 11.8 Å². The van der Waals surface area contributed by atoms with E-state index in [0.29, 0.717) is 41.6 Å². The first-order valence-electron chi connectivity index (χ1n) is 9.91. The highest BCUT2D eigenvalue weighted by Gasteiger charge is 2.16. The number of benzene rings is 2. The second-order valence-electron chi connectivity index (χ2n) is 7.19. The molecular weight excluding hydrogens is 434 g/mol. The van der Waals surface area contributed by atoms with E-state index in [-0.39, 0.29) is 11.8 Å². The first kappa shape index (κ1) is 21.3. The van der Waals surface area contributed by atoms with Crippen LogP contribution in [0.3, 0.4) is 0 Å². The standard InChI is InChI=1S/C23H22ClN3O3S/c1-14-2-3-15(10-20(14)27-23(29)21-13-31-9-8-30-21)22(28)25-7-6-16-12-26-19-5-4-17(24)11-18(16)19/h2-5,10-13,26H,6-9H2,1H3,(H,25,28)(H,27,29). The number of ether oxygens (including phenoxy) is 1. The van der Waals surface area contributed by atoms with Gasteiger partial charge in [0.05, 0.1) is 6.61 Å². The van der Waals surface area contributed by atoms with Crippen molar-refractivity contribution in [2.45, 2.75) is 13.3 Å². The SMILES string of the molecule is Cc1ccc(C(=O)NCCc2c[nH]c3ccc(Cl)cc23)cc1NC(=O)C1=CSCCO1. The number of rotatable bonds is 6. The summed E-state index contributed by atoms with van der Waals surface area (Å²) in [6.45, 7) is 2.87. The molecule has 0 fully saturated rings. The highest BCUT2D eigenvalue weighted by atomic mass is 35.5. The summed E-state index contributed by atoms with van der Waals surface area (Å²) in [6.07, 6.45) is 2.61. The Labute approximate surface area is 189 Å². The topological polar surface area (TPSA) is 83.2 Å². The Kier molecular flexibility index (Phi) is 6.53. The predicted molar refractivity (Wildman–Crippen MR) is 126 cm³/mol. The zero-order valence-corrected chi connectivity index (χ0v) is 18.5. The third kappa shape index (κ3) is 5.06. The molecule has 4 rings (SSSR count). The van der Waals surface area contributed by atoms with Crippen LogP contribution in [0.25, 0.3) is 10.9 Å². The van der Waals surface area contributed by atoms with E-state index in [0.717, 1.165) is 27.8 Å². The smallest absolute Gasteiger partial charge is 0.291 e. The molecule has 160 valence electrons. The third-order valence-corrected chi connectivity index (χ3v) is 6.05. The molecule has 0 bridgehead atoms. The Morgan fingerprint density at radius 1 is 1.19 bits per heavy atom. The molecule has 1 aliphatic heterocycles. The molecule has 0 unspecified atom stereocenters. The molecule has 0 atom stereocenters. The summed E-state index contributed by atoms with van der Waals surface area (Å²) in [4.78, 5) is 28.3. The van der Waals surface area contributed by atoms with Gasteiger partial charge in [0.2, 0.25) is 0 Å². The van der Waals surface area contributed by atoms with Crippen LogP contribution in [0.1, 0.15) is 21.5 Å². The molecule has 1 aromatic heterocycles. The van der Waals surface area contributed by atoms with Crippen molar-refractivity contribution in [3.8, 4) is 0 Å². The van der Waals surface area contributed by atoms with Gasteiger partial charge in [-0.1, -0.05) is 17.7 Å². The predicted octanol–water partition coefficient (Wildman–Crippen LogP) is 4.65. The van der Waals surface area contributed by atoms with Gasteiger partial charge >= 0.3 is 0 Å². The number of amides is 2. The largest absolute Gasteiger partial charge is 0.487 e. The number of fused-ring (bicyclic) bond motifs is 1. The molecule has 0 spiro atoms. The number of nitrogens with one attached hydrogen (secondary N) is 3. The molecule has 2 heterocycles. The van der Waals surface area contributed by atoms with Crippen molar-refractivity contribution in [3.63, 3.8) is 0 Å². The second kappa shape index (κ2) is 9.49. The molecule has 1 aliphatic rings. The molecule has 8 heteroatoms. The molecule has 0 saturated carbocycles. The first-order valence-corrected chi connectivity index (χ1v) is 11.3. The molecule has 3 N–H and O–H groups in total. The number of aromatic amines is 1. The van der Waals surface area contributed by atoms with E-state index in [1.807, 2.05) is 37.4 Å². The second-order valence-corrected chi connectivity index (χ2v) is 8.61. The summed E-state index contributed by atoms with van der Waals surface area (Å²) in [5.41, 5.74) is 4.04. The number of halogens is 1. The van der Waals surface area contributed by atoms with Crippen molar-refractivity contribution in [3.05, 3.63) is 75.5 Å². The summed E-state index contributed by atoms with van der Waals surface area (Å²) in [7, 11) is 0. The number of hydrogen-bond donors (Lipinski definition) is 3. The fourth-order valence-corrected chi connectivity index (χ4v) is 4.14. The maximum Gasteiger partial charge on any atom is 0.291 e. The number of carbonyl (C=O) groups is 2. The van der Waals surface area contributed by atoms with Crippen LogP contribution in [0.15, 0.2) is 53.8 Å². The maximum absolute atomic E-state index is 12.6. The third-order valence-electron chi connectivity index (χ3n) is 5.03. The average molecular weight is 456 g/mol. The van der Waals surface area contributed by atoms with Gasteiger partial charge in [0.25, 0.3) is 11.8 Å². The lowest BCUT2D eigenvalue weighted by Gasteiger charge is -2.15. The molecule has 31 heavy (non-hydrogen) atoms. The number of thioether (sulfide) groups is 1. The fraction of sp³-hybridized carbons (Fsp3) is 0.217. The molecule has 0 aliphatic carbocycles. The van der Waals surface area contributed by atoms with Crippen LogP contribution in [0.4, 0.5) is 5.69 Å². The zero-order valence-electron chi connectivity index (χ0n) is 17.0. The van der Waals surface area contributed by atoms with Crippen molar-refractivity contribution < 1.29 is 14.3 Å². The van der Waals surface area contributed by atoms with E-state index < -0.39 is 0 Å². The number of aryl methyl sites for hydroxylation is 1.